The van der Waals surface area contributed by atoms with Crippen molar-refractivity contribution in [2.45, 2.75) is 13.3 Å². The molecule has 0 bridgehead atoms. The molecular formula is C12H14N4O. The van der Waals surface area contributed by atoms with E-state index in [1.54, 1.807) is 0 Å². The molecule has 0 atom stereocenters. The Bertz CT molecular complexity index is 580. The van der Waals surface area contributed by atoms with Gasteiger partial charge in [-0.3, -0.25) is 15.2 Å². The van der Waals surface area contributed by atoms with E-state index in [-0.39, 0.29) is 0 Å². The smallest absolute Gasteiger partial charge is 0.268 e. The molecule has 0 fully saturated rings. The van der Waals surface area contributed by atoms with Gasteiger partial charge in [0.15, 0.2) is 0 Å². The Kier molecular flexibility index (Phi) is 2.93. The molecule has 0 radical (unpaired) electrons. The lowest BCUT2D eigenvalue weighted by atomic mass is 10.0. The molecule has 0 spiro atoms. The van der Waals surface area contributed by atoms with E-state index in [2.05, 4.69) is 10.4 Å². The third-order valence-electron chi connectivity index (χ3n) is 2.78. The molecule has 1 amide bonds. The number of nitrogens with zero attached hydrogens (tertiary/aromatic N) is 1. The van der Waals surface area contributed by atoms with Crippen LogP contribution in [-0.4, -0.2) is 10.9 Å². The number of anilines is 1. The van der Waals surface area contributed by atoms with Crippen molar-refractivity contribution in [1.29, 1.82) is 0 Å². The summed E-state index contributed by atoms with van der Waals surface area (Å²) in [6.07, 6.45) is 2.32. The number of hydrogen-bond acceptors (Lipinski definition) is 4. The van der Waals surface area contributed by atoms with Crippen molar-refractivity contribution in [3.8, 4) is 0 Å². The first-order chi connectivity index (χ1) is 8.19. The average Bonchev–Trinajstić information content (AvgIpc) is 2.38. The first kappa shape index (κ1) is 11.3. The maximum Gasteiger partial charge on any atom is 0.268 e. The quantitative estimate of drug-likeness (QED) is 0.407. The molecule has 5 N–H and O–H groups in total. The van der Waals surface area contributed by atoms with Gasteiger partial charge in [-0.15, -0.1) is 0 Å². The van der Waals surface area contributed by atoms with Crippen molar-refractivity contribution in [1.82, 2.24) is 10.4 Å². The Morgan fingerprint density at radius 3 is 2.88 bits per heavy atom. The third-order valence-corrected chi connectivity index (χ3v) is 2.78. The second-order valence-corrected chi connectivity index (χ2v) is 3.73. The minimum absolute atomic E-state index is 0.299. The minimum atomic E-state index is -0.432. The number of carbonyl (C=O) groups is 1. The average molecular weight is 230 g/mol. The number of aryl methyl sites for hydroxylation is 1. The number of aromatic nitrogens is 1. The molecule has 1 aromatic heterocycles. The van der Waals surface area contributed by atoms with Gasteiger partial charge >= 0.3 is 0 Å². The maximum absolute atomic E-state index is 11.5. The molecule has 0 saturated heterocycles. The zero-order chi connectivity index (χ0) is 12.4. The Morgan fingerprint density at radius 2 is 2.24 bits per heavy atom. The predicted octanol–water partition coefficient (Wildman–Crippen LogP) is 0.983. The number of para-hydroxylation sites is 1. The van der Waals surface area contributed by atoms with Gasteiger partial charge in [-0.05, 0) is 12.0 Å². The Balaban J connectivity index is 2.72. The number of amides is 1. The van der Waals surface area contributed by atoms with Crippen LogP contribution in [0.1, 0.15) is 22.8 Å². The number of fused-ring (bicyclic) bond motifs is 1. The van der Waals surface area contributed by atoms with E-state index in [1.165, 1.54) is 6.20 Å². The molecule has 1 aromatic carbocycles. The first-order valence-electron chi connectivity index (χ1n) is 5.36. The lowest BCUT2D eigenvalue weighted by Crippen LogP contribution is -2.30. The largest absolute Gasteiger partial charge is 0.397 e. The van der Waals surface area contributed by atoms with Crippen LogP contribution in [0.15, 0.2) is 24.4 Å². The van der Waals surface area contributed by atoms with Crippen molar-refractivity contribution in [2.75, 3.05) is 5.73 Å². The normalized spacial score (nSPS) is 10.5. The van der Waals surface area contributed by atoms with Crippen LogP contribution in [0.3, 0.4) is 0 Å². The van der Waals surface area contributed by atoms with Gasteiger partial charge in [-0.25, -0.2) is 5.84 Å². The zero-order valence-electron chi connectivity index (χ0n) is 9.53. The molecule has 5 nitrogen and oxygen atoms in total. The first-order valence-corrected chi connectivity index (χ1v) is 5.36. The third kappa shape index (κ3) is 1.81. The van der Waals surface area contributed by atoms with Crippen molar-refractivity contribution >= 4 is 22.5 Å². The standard InChI is InChI=1S/C12H14N4O/c1-2-7-4-3-5-8-10(13)9(12(17)16-14)6-15-11(7)8/h3-6H,2,14H2,1H3,(H2,13,15)(H,16,17). The number of nitrogens with one attached hydrogen (secondary N) is 1. The lowest BCUT2D eigenvalue weighted by molar-refractivity contribution is 0.0954. The number of nitrogen functional groups attached to an aromatic ring is 2. The Morgan fingerprint density at radius 1 is 1.47 bits per heavy atom. The summed E-state index contributed by atoms with van der Waals surface area (Å²) in [4.78, 5) is 15.8. The lowest BCUT2D eigenvalue weighted by Gasteiger charge is -2.09. The van der Waals surface area contributed by atoms with Crippen molar-refractivity contribution in [2.24, 2.45) is 5.84 Å². The molecule has 1 heterocycles. The number of hydrazine groups is 1. The fourth-order valence-electron chi connectivity index (χ4n) is 1.85. The fraction of sp³-hybridized carbons (Fsp3) is 0.167. The second-order valence-electron chi connectivity index (χ2n) is 3.73. The molecule has 0 aliphatic rings. The molecular weight excluding hydrogens is 216 g/mol. The van der Waals surface area contributed by atoms with Gasteiger partial charge in [0.2, 0.25) is 0 Å². The molecule has 0 unspecified atom stereocenters. The van der Waals surface area contributed by atoms with Crippen LogP contribution in [0.4, 0.5) is 5.69 Å². The van der Waals surface area contributed by atoms with Crippen LogP contribution in [0.2, 0.25) is 0 Å². The van der Waals surface area contributed by atoms with Crippen LogP contribution < -0.4 is 17.0 Å². The summed E-state index contributed by atoms with van der Waals surface area (Å²) >= 11 is 0. The second kappa shape index (κ2) is 4.39. The highest BCUT2D eigenvalue weighted by Gasteiger charge is 2.13. The number of pyridine rings is 1. The van der Waals surface area contributed by atoms with E-state index in [9.17, 15) is 4.79 Å². The van der Waals surface area contributed by atoms with Gasteiger partial charge in [-0.1, -0.05) is 25.1 Å². The predicted molar refractivity (Wildman–Crippen MR) is 67.2 cm³/mol. The highest BCUT2D eigenvalue weighted by molar-refractivity contribution is 6.06. The Hall–Kier alpha value is -2.14. The minimum Gasteiger partial charge on any atom is -0.397 e. The van der Waals surface area contributed by atoms with Gasteiger partial charge in [-0.2, -0.15) is 0 Å². The number of hydrogen-bond donors (Lipinski definition) is 3. The van der Waals surface area contributed by atoms with E-state index in [1.807, 2.05) is 25.1 Å². The van der Waals surface area contributed by atoms with Crippen LogP contribution >= 0.6 is 0 Å². The van der Waals surface area contributed by atoms with Gasteiger partial charge in [0, 0.05) is 11.6 Å². The van der Waals surface area contributed by atoms with Crippen LogP contribution in [0.5, 0.6) is 0 Å². The van der Waals surface area contributed by atoms with Crippen LogP contribution in [-0.2, 0) is 6.42 Å². The van der Waals surface area contributed by atoms with Crippen molar-refractivity contribution < 1.29 is 4.79 Å². The van der Waals surface area contributed by atoms with E-state index >= 15 is 0 Å². The SMILES string of the molecule is CCc1cccc2c(N)c(C(=O)NN)cnc12. The van der Waals surface area contributed by atoms with E-state index in [0.717, 1.165) is 22.9 Å². The van der Waals surface area contributed by atoms with Crippen LogP contribution in [0, 0.1) is 0 Å². The number of rotatable bonds is 2. The molecule has 17 heavy (non-hydrogen) atoms. The summed E-state index contributed by atoms with van der Waals surface area (Å²) in [5, 5.41) is 0.783. The van der Waals surface area contributed by atoms with E-state index in [4.69, 9.17) is 11.6 Å². The topological polar surface area (TPSA) is 94.0 Å². The zero-order valence-corrected chi connectivity index (χ0v) is 9.53. The maximum atomic E-state index is 11.5. The monoisotopic (exact) mass is 230 g/mol. The molecule has 88 valence electrons. The van der Waals surface area contributed by atoms with Gasteiger partial charge < -0.3 is 5.73 Å². The van der Waals surface area contributed by atoms with Gasteiger partial charge in [0.05, 0.1) is 16.8 Å². The molecule has 5 heteroatoms. The molecule has 2 rings (SSSR count). The highest BCUT2D eigenvalue weighted by atomic mass is 16.2. The summed E-state index contributed by atoms with van der Waals surface area (Å²) in [6.45, 7) is 2.05. The number of carbonyl (C=O) groups excluding carboxylic acids is 1. The summed E-state index contributed by atoms with van der Waals surface area (Å²) in [6, 6.07) is 5.75. The summed E-state index contributed by atoms with van der Waals surface area (Å²) in [5.41, 5.74) is 10.7. The van der Waals surface area contributed by atoms with Gasteiger partial charge in [0.1, 0.15) is 0 Å². The fourth-order valence-corrected chi connectivity index (χ4v) is 1.85. The molecule has 2 aromatic rings. The van der Waals surface area contributed by atoms with Crippen molar-refractivity contribution in [3.63, 3.8) is 0 Å². The summed E-state index contributed by atoms with van der Waals surface area (Å²) in [7, 11) is 0. The Labute approximate surface area is 98.8 Å². The summed E-state index contributed by atoms with van der Waals surface area (Å²) < 4.78 is 0. The highest BCUT2D eigenvalue weighted by Crippen LogP contribution is 2.25. The number of benzene rings is 1. The van der Waals surface area contributed by atoms with Crippen molar-refractivity contribution in [3.05, 3.63) is 35.5 Å². The van der Waals surface area contributed by atoms with Crippen LogP contribution in [0.25, 0.3) is 10.9 Å². The van der Waals surface area contributed by atoms with Gasteiger partial charge in [0.25, 0.3) is 5.91 Å². The number of nitrogens with two attached hydrogens (primary N) is 2. The van der Waals surface area contributed by atoms with E-state index < -0.39 is 5.91 Å². The molecule has 0 aliphatic carbocycles. The molecule has 0 aliphatic heterocycles. The molecule has 0 saturated carbocycles. The van der Waals surface area contributed by atoms with E-state index in [0.29, 0.717) is 11.3 Å². The summed E-state index contributed by atoms with van der Waals surface area (Å²) in [5.74, 6) is 4.66.